The molecule has 3 aliphatic rings. The lowest BCUT2D eigenvalue weighted by Crippen LogP contribution is -2.69. The van der Waals surface area contributed by atoms with Crippen molar-refractivity contribution in [2.45, 2.75) is 30.7 Å². The molecule has 1 saturated heterocycles. The Morgan fingerprint density at radius 3 is 2.52 bits per heavy atom. The van der Waals surface area contributed by atoms with E-state index in [9.17, 15) is 14.7 Å². The predicted molar refractivity (Wildman–Crippen MR) is 125 cm³/mol. The number of aromatic nitrogens is 1. The first-order valence-corrected chi connectivity index (χ1v) is 11.8. The molecule has 1 aromatic carbocycles. The highest BCUT2D eigenvalue weighted by Gasteiger charge is 2.55. The van der Waals surface area contributed by atoms with Gasteiger partial charge in [0, 0.05) is 49.7 Å². The van der Waals surface area contributed by atoms with Crippen LogP contribution in [0.5, 0.6) is 5.75 Å². The van der Waals surface area contributed by atoms with Crippen LogP contribution in [-0.2, 0) is 22.1 Å². The number of likely N-dealkylation sites (N-methyl/N-ethyl adjacent to an activating group) is 1. The molecule has 8 nitrogen and oxygen atoms in total. The largest absolute Gasteiger partial charge is 0.497 e. The fraction of sp³-hybridized carbons (Fsp3) is 0.600. The van der Waals surface area contributed by atoms with E-state index in [1.54, 1.807) is 7.11 Å². The van der Waals surface area contributed by atoms with Crippen molar-refractivity contribution in [2.75, 3.05) is 54.0 Å². The van der Waals surface area contributed by atoms with Crippen LogP contribution in [0.3, 0.4) is 0 Å². The molecular weight excluding hydrogens is 420 g/mol. The van der Waals surface area contributed by atoms with E-state index in [2.05, 4.69) is 10.6 Å². The second-order valence-corrected chi connectivity index (χ2v) is 10.3. The summed E-state index contributed by atoms with van der Waals surface area (Å²) in [7, 11) is 7.45. The molecule has 1 aliphatic carbocycles. The number of aryl methyl sites for hydroxylation is 1. The number of hydrogen-bond acceptors (Lipinski definition) is 5. The fourth-order valence-electron chi connectivity index (χ4n) is 5.97. The van der Waals surface area contributed by atoms with Gasteiger partial charge in [0.2, 0.25) is 11.8 Å². The highest BCUT2D eigenvalue weighted by molar-refractivity contribution is 5.91. The predicted octanol–water partition coefficient (Wildman–Crippen LogP) is 1.50. The molecule has 5 rings (SSSR count). The first-order valence-electron chi connectivity index (χ1n) is 11.8. The Kier molecular flexibility index (Phi) is 5.40. The number of likely N-dealkylation sites (tertiary alicyclic amines) is 1. The van der Waals surface area contributed by atoms with E-state index in [1.165, 1.54) is 5.56 Å². The van der Waals surface area contributed by atoms with Crippen molar-refractivity contribution in [3.05, 3.63) is 29.5 Å². The summed E-state index contributed by atoms with van der Waals surface area (Å²) in [4.78, 5) is 31.9. The number of aliphatic hydroxyl groups excluding tert-OH is 1. The van der Waals surface area contributed by atoms with Gasteiger partial charge in [-0.25, -0.2) is 0 Å². The van der Waals surface area contributed by atoms with Gasteiger partial charge < -0.3 is 29.1 Å². The minimum Gasteiger partial charge on any atom is -0.497 e. The minimum atomic E-state index is -0.381. The van der Waals surface area contributed by atoms with E-state index < -0.39 is 0 Å². The zero-order chi connectivity index (χ0) is 23.5. The summed E-state index contributed by atoms with van der Waals surface area (Å²) in [6.07, 6.45) is 2.94. The topological polar surface area (TPSA) is 78.2 Å². The second-order valence-electron chi connectivity index (χ2n) is 10.3. The highest BCUT2D eigenvalue weighted by atomic mass is 16.5. The van der Waals surface area contributed by atoms with Crippen molar-refractivity contribution in [3.8, 4) is 5.75 Å². The lowest BCUT2D eigenvalue weighted by atomic mass is 9.68. The molecule has 2 fully saturated rings. The summed E-state index contributed by atoms with van der Waals surface area (Å²) >= 11 is 0. The van der Waals surface area contributed by atoms with Crippen LogP contribution in [0.15, 0.2) is 18.2 Å². The Morgan fingerprint density at radius 1 is 1.21 bits per heavy atom. The summed E-state index contributed by atoms with van der Waals surface area (Å²) < 4.78 is 7.58. The molecule has 0 bridgehead atoms. The quantitative estimate of drug-likeness (QED) is 0.741. The highest BCUT2D eigenvalue weighted by Crippen LogP contribution is 2.50. The first-order chi connectivity index (χ1) is 15.8. The number of nitrogens with zero attached hydrogens (tertiary/aromatic N) is 4. The first kappa shape index (κ1) is 22.2. The molecule has 178 valence electrons. The van der Waals surface area contributed by atoms with Crippen LogP contribution in [0.4, 0.5) is 0 Å². The Morgan fingerprint density at radius 2 is 1.94 bits per heavy atom. The van der Waals surface area contributed by atoms with E-state index >= 15 is 0 Å². The van der Waals surface area contributed by atoms with Gasteiger partial charge in [-0.3, -0.25) is 9.59 Å². The SMILES string of the molecule is COc1ccc2c3c(n(C)c2c1)[C@@H](CO)N(C(=O)C1CCC1)CC31CN(C(=O)CN(C)C)C1. The van der Waals surface area contributed by atoms with Gasteiger partial charge in [-0.2, -0.15) is 0 Å². The zero-order valence-electron chi connectivity index (χ0n) is 20.0. The third-order valence-electron chi connectivity index (χ3n) is 7.85. The monoisotopic (exact) mass is 454 g/mol. The summed E-state index contributed by atoms with van der Waals surface area (Å²) in [5, 5.41) is 11.6. The zero-order valence-corrected chi connectivity index (χ0v) is 20.0. The maximum absolute atomic E-state index is 13.5. The van der Waals surface area contributed by atoms with Crippen LogP contribution in [0, 0.1) is 5.92 Å². The Bertz CT molecular complexity index is 1100. The van der Waals surface area contributed by atoms with Gasteiger partial charge in [0.05, 0.1) is 37.2 Å². The average molecular weight is 455 g/mol. The maximum atomic E-state index is 13.5. The van der Waals surface area contributed by atoms with Crippen molar-refractivity contribution < 1.29 is 19.4 Å². The van der Waals surface area contributed by atoms with E-state index in [0.29, 0.717) is 26.2 Å². The third-order valence-corrected chi connectivity index (χ3v) is 7.85. The summed E-state index contributed by atoms with van der Waals surface area (Å²) in [5.74, 6) is 1.08. The van der Waals surface area contributed by atoms with Crippen molar-refractivity contribution in [2.24, 2.45) is 13.0 Å². The Labute approximate surface area is 194 Å². The lowest BCUT2D eigenvalue weighted by molar-refractivity contribution is -0.149. The number of amides is 2. The van der Waals surface area contributed by atoms with Crippen LogP contribution in [0.1, 0.15) is 36.6 Å². The number of aliphatic hydroxyl groups is 1. The van der Waals surface area contributed by atoms with Gasteiger partial charge in [-0.15, -0.1) is 0 Å². The normalized spacial score (nSPS) is 21.8. The molecule has 1 saturated carbocycles. The van der Waals surface area contributed by atoms with Crippen molar-refractivity contribution in [1.82, 2.24) is 19.3 Å². The number of carbonyl (C=O) groups excluding carboxylic acids is 2. The van der Waals surface area contributed by atoms with Crippen molar-refractivity contribution in [3.63, 3.8) is 0 Å². The Hall–Kier alpha value is -2.58. The van der Waals surface area contributed by atoms with Gasteiger partial charge in [0.1, 0.15) is 5.75 Å². The maximum Gasteiger partial charge on any atom is 0.236 e. The van der Waals surface area contributed by atoms with Gasteiger partial charge in [0.25, 0.3) is 0 Å². The molecule has 1 atom stereocenters. The smallest absolute Gasteiger partial charge is 0.236 e. The molecule has 0 radical (unpaired) electrons. The van der Waals surface area contributed by atoms with E-state index in [-0.39, 0.29) is 35.8 Å². The van der Waals surface area contributed by atoms with Crippen LogP contribution < -0.4 is 4.74 Å². The third kappa shape index (κ3) is 3.34. The number of methoxy groups -OCH3 is 1. The van der Waals surface area contributed by atoms with Crippen molar-refractivity contribution in [1.29, 1.82) is 0 Å². The molecule has 33 heavy (non-hydrogen) atoms. The summed E-state index contributed by atoms with van der Waals surface area (Å²) in [5.41, 5.74) is 2.86. The molecule has 2 aliphatic heterocycles. The number of fused-ring (bicyclic) bond motifs is 4. The lowest BCUT2D eigenvalue weighted by Gasteiger charge is -2.57. The van der Waals surface area contributed by atoms with Gasteiger partial charge in [-0.1, -0.05) is 6.42 Å². The van der Waals surface area contributed by atoms with E-state index in [0.717, 1.165) is 41.6 Å². The molecule has 0 unspecified atom stereocenters. The number of hydrogen-bond donors (Lipinski definition) is 1. The number of benzene rings is 1. The standard InChI is InChI=1S/C25H34N4O4/c1-26(2)11-21(31)28-13-25(14-28)15-29(24(32)16-6-5-7-16)20(12-30)23-22(25)18-9-8-17(33-4)10-19(18)27(23)3/h8-10,16,20,30H,5-7,11-15H2,1-4H3/t20-/m1/s1. The van der Waals surface area contributed by atoms with Gasteiger partial charge in [-0.05, 0) is 44.6 Å². The number of carbonyl (C=O) groups is 2. The molecule has 2 amide bonds. The minimum absolute atomic E-state index is 0.0546. The summed E-state index contributed by atoms with van der Waals surface area (Å²) in [6, 6.07) is 5.68. The van der Waals surface area contributed by atoms with Crippen LogP contribution in [0.2, 0.25) is 0 Å². The summed E-state index contributed by atoms with van der Waals surface area (Å²) in [6.45, 7) is 1.97. The van der Waals surface area contributed by atoms with Crippen LogP contribution in [-0.4, -0.2) is 90.2 Å². The van der Waals surface area contributed by atoms with Gasteiger partial charge >= 0.3 is 0 Å². The van der Waals surface area contributed by atoms with Gasteiger partial charge in [0.15, 0.2) is 0 Å². The molecule has 2 aromatic rings. The van der Waals surface area contributed by atoms with Crippen molar-refractivity contribution >= 4 is 22.7 Å². The van der Waals surface area contributed by atoms with Crippen LogP contribution in [0.25, 0.3) is 10.9 Å². The fourth-order valence-corrected chi connectivity index (χ4v) is 5.97. The van der Waals surface area contributed by atoms with E-state index in [1.807, 2.05) is 48.0 Å². The number of ether oxygens (including phenoxy) is 1. The Balaban J connectivity index is 1.61. The molecule has 1 aromatic heterocycles. The second kappa shape index (κ2) is 8.02. The molecular formula is C25H34N4O4. The molecule has 1 spiro atoms. The van der Waals surface area contributed by atoms with E-state index in [4.69, 9.17) is 4.74 Å². The number of rotatable bonds is 5. The molecule has 3 heterocycles. The van der Waals surface area contributed by atoms with Crippen LogP contribution >= 0.6 is 0 Å². The molecule has 1 N–H and O–H groups in total. The average Bonchev–Trinajstić information content (AvgIpc) is 3.01. The molecule has 8 heteroatoms.